The fourth-order valence-corrected chi connectivity index (χ4v) is 1.68. The normalized spacial score (nSPS) is 11.7. The maximum absolute atomic E-state index is 5.85. The molecule has 0 radical (unpaired) electrons. The van der Waals surface area contributed by atoms with Gasteiger partial charge in [0.1, 0.15) is 11.5 Å². The molecular formula is C16H21NO. The van der Waals surface area contributed by atoms with Gasteiger partial charge in [0.05, 0.1) is 6.54 Å². The third kappa shape index (κ3) is 3.23. The van der Waals surface area contributed by atoms with Crippen molar-refractivity contribution >= 4 is 0 Å². The monoisotopic (exact) mass is 243 g/mol. The van der Waals surface area contributed by atoms with Gasteiger partial charge in [-0.1, -0.05) is 37.3 Å². The Balaban J connectivity index is 2.03. The van der Waals surface area contributed by atoms with Gasteiger partial charge in [-0.15, -0.1) is 0 Å². The SMILES string of the molecule is CCC(C)(C)NCc1ccc(-c2ccccc2)o1. The highest BCUT2D eigenvalue weighted by Gasteiger charge is 2.14. The standard InChI is InChI=1S/C16H21NO/c1-4-16(2,3)17-12-14-10-11-15(18-14)13-8-6-5-7-9-13/h5-11,17H,4,12H2,1-3H3. The molecule has 0 saturated carbocycles. The third-order valence-electron chi connectivity index (χ3n) is 3.35. The number of nitrogens with one attached hydrogen (secondary N) is 1. The van der Waals surface area contributed by atoms with Gasteiger partial charge >= 0.3 is 0 Å². The van der Waals surface area contributed by atoms with Gasteiger partial charge in [0, 0.05) is 11.1 Å². The van der Waals surface area contributed by atoms with Gasteiger partial charge in [0.2, 0.25) is 0 Å². The van der Waals surface area contributed by atoms with E-state index in [1.54, 1.807) is 0 Å². The molecule has 1 N–H and O–H groups in total. The van der Waals surface area contributed by atoms with Crippen molar-refractivity contribution in [1.82, 2.24) is 5.32 Å². The molecule has 0 aliphatic rings. The van der Waals surface area contributed by atoms with E-state index in [-0.39, 0.29) is 5.54 Å². The first-order valence-electron chi connectivity index (χ1n) is 6.50. The number of benzene rings is 1. The molecule has 0 bridgehead atoms. The van der Waals surface area contributed by atoms with Crippen molar-refractivity contribution in [2.45, 2.75) is 39.3 Å². The molecule has 2 nitrogen and oxygen atoms in total. The van der Waals surface area contributed by atoms with E-state index in [0.29, 0.717) is 0 Å². The van der Waals surface area contributed by atoms with Crippen LogP contribution < -0.4 is 5.32 Å². The van der Waals surface area contributed by atoms with Gasteiger partial charge in [-0.2, -0.15) is 0 Å². The fourth-order valence-electron chi connectivity index (χ4n) is 1.68. The summed E-state index contributed by atoms with van der Waals surface area (Å²) in [5, 5.41) is 3.50. The highest BCUT2D eigenvalue weighted by atomic mass is 16.3. The molecule has 0 unspecified atom stereocenters. The molecule has 96 valence electrons. The van der Waals surface area contributed by atoms with Crippen molar-refractivity contribution < 1.29 is 4.42 Å². The predicted molar refractivity (Wildman–Crippen MR) is 75.4 cm³/mol. The fraction of sp³-hybridized carbons (Fsp3) is 0.375. The van der Waals surface area contributed by atoms with Crippen LogP contribution in [-0.2, 0) is 6.54 Å². The molecule has 0 aliphatic carbocycles. The molecule has 2 aromatic rings. The lowest BCUT2D eigenvalue weighted by Gasteiger charge is -2.23. The second-order valence-corrected chi connectivity index (χ2v) is 5.22. The zero-order valence-corrected chi connectivity index (χ0v) is 11.4. The molecule has 2 heteroatoms. The topological polar surface area (TPSA) is 25.2 Å². The third-order valence-corrected chi connectivity index (χ3v) is 3.35. The first-order chi connectivity index (χ1) is 8.61. The zero-order valence-electron chi connectivity index (χ0n) is 11.4. The van der Waals surface area contributed by atoms with Crippen molar-refractivity contribution in [3.05, 3.63) is 48.2 Å². The Morgan fingerprint density at radius 1 is 1.06 bits per heavy atom. The summed E-state index contributed by atoms with van der Waals surface area (Å²) in [6.45, 7) is 7.36. The van der Waals surface area contributed by atoms with Crippen molar-refractivity contribution in [3.8, 4) is 11.3 Å². The minimum Gasteiger partial charge on any atom is -0.460 e. The average molecular weight is 243 g/mol. The van der Waals surface area contributed by atoms with E-state index in [1.807, 2.05) is 30.3 Å². The van der Waals surface area contributed by atoms with Crippen molar-refractivity contribution in [2.75, 3.05) is 0 Å². The van der Waals surface area contributed by atoms with Crippen LogP contribution in [0.1, 0.15) is 33.0 Å². The second-order valence-electron chi connectivity index (χ2n) is 5.22. The summed E-state index contributed by atoms with van der Waals surface area (Å²) in [6, 6.07) is 14.3. The second kappa shape index (κ2) is 5.40. The Morgan fingerprint density at radius 3 is 2.44 bits per heavy atom. The Morgan fingerprint density at radius 2 is 1.78 bits per heavy atom. The van der Waals surface area contributed by atoms with E-state index >= 15 is 0 Å². The summed E-state index contributed by atoms with van der Waals surface area (Å²) < 4.78 is 5.85. The summed E-state index contributed by atoms with van der Waals surface area (Å²) in [5.41, 5.74) is 1.28. The predicted octanol–water partition coefficient (Wildman–Crippen LogP) is 4.22. The first-order valence-corrected chi connectivity index (χ1v) is 6.50. The molecule has 0 fully saturated rings. The molecule has 0 atom stereocenters. The van der Waals surface area contributed by atoms with Crippen LogP contribution in [0.3, 0.4) is 0 Å². The number of hydrogen-bond donors (Lipinski definition) is 1. The Kier molecular flexibility index (Phi) is 3.87. The molecule has 1 heterocycles. The van der Waals surface area contributed by atoms with E-state index < -0.39 is 0 Å². The lowest BCUT2D eigenvalue weighted by atomic mass is 10.0. The maximum Gasteiger partial charge on any atom is 0.134 e. The van der Waals surface area contributed by atoms with Crippen LogP contribution in [0.15, 0.2) is 46.9 Å². The molecule has 18 heavy (non-hydrogen) atoms. The molecule has 0 amide bonds. The average Bonchev–Trinajstić information content (AvgIpc) is 2.86. The Labute approximate surface area is 109 Å². The van der Waals surface area contributed by atoms with Gasteiger partial charge in [-0.05, 0) is 32.4 Å². The highest BCUT2D eigenvalue weighted by molar-refractivity contribution is 5.57. The Bertz CT molecular complexity index is 485. The molecule has 1 aromatic carbocycles. The molecule has 0 saturated heterocycles. The largest absolute Gasteiger partial charge is 0.460 e. The minimum absolute atomic E-state index is 0.152. The summed E-state index contributed by atoms with van der Waals surface area (Å²) in [5.74, 6) is 1.91. The van der Waals surface area contributed by atoms with Crippen LogP contribution in [0.2, 0.25) is 0 Å². The van der Waals surface area contributed by atoms with Gasteiger partial charge in [-0.25, -0.2) is 0 Å². The van der Waals surface area contributed by atoms with Gasteiger partial charge in [-0.3, -0.25) is 0 Å². The smallest absolute Gasteiger partial charge is 0.134 e. The number of rotatable bonds is 5. The summed E-state index contributed by atoms with van der Waals surface area (Å²) in [7, 11) is 0. The van der Waals surface area contributed by atoms with Gasteiger partial charge in [0.15, 0.2) is 0 Å². The van der Waals surface area contributed by atoms with E-state index in [0.717, 1.165) is 30.0 Å². The van der Waals surface area contributed by atoms with Gasteiger partial charge < -0.3 is 9.73 Å². The molecule has 2 rings (SSSR count). The Hall–Kier alpha value is -1.54. The quantitative estimate of drug-likeness (QED) is 0.850. The molecule has 0 aliphatic heterocycles. The molecular weight excluding hydrogens is 222 g/mol. The number of furan rings is 1. The van der Waals surface area contributed by atoms with Crippen LogP contribution in [0.5, 0.6) is 0 Å². The van der Waals surface area contributed by atoms with E-state index in [2.05, 4.69) is 38.2 Å². The van der Waals surface area contributed by atoms with Crippen LogP contribution >= 0.6 is 0 Å². The van der Waals surface area contributed by atoms with E-state index in [9.17, 15) is 0 Å². The van der Waals surface area contributed by atoms with E-state index in [4.69, 9.17) is 4.42 Å². The van der Waals surface area contributed by atoms with Crippen LogP contribution in [0.25, 0.3) is 11.3 Å². The summed E-state index contributed by atoms with van der Waals surface area (Å²) in [6.07, 6.45) is 1.10. The molecule has 1 aromatic heterocycles. The minimum atomic E-state index is 0.152. The summed E-state index contributed by atoms with van der Waals surface area (Å²) in [4.78, 5) is 0. The summed E-state index contributed by atoms with van der Waals surface area (Å²) >= 11 is 0. The first kappa shape index (κ1) is 12.9. The van der Waals surface area contributed by atoms with Gasteiger partial charge in [0.25, 0.3) is 0 Å². The van der Waals surface area contributed by atoms with E-state index in [1.165, 1.54) is 0 Å². The number of hydrogen-bond acceptors (Lipinski definition) is 2. The van der Waals surface area contributed by atoms with Crippen molar-refractivity contribution in [1.29, 1.82) is 0 Å². The van der Waals surface area contributed by atoms with Crippen LogP contribution in [0, 0.1) is 0 Å². The zero-order chi connectivity index (χ0) is 13.0. The molecule has 0 spiro atoms. The lowest BCUT2D eigenvalue weighted by molar-refractivity contribution is 0.353. The highest BCUT2D eigenvalue weighted by Crippen LogP contribution is 2.22. The van der Waals surface area contributed by atoms with Crippen molar-refractivity contribution in [2.24, 2.45) is 0 Å². The van der Waals surface area contributed by atoms with Crippen molar-refractivity contribution in [3.63, 3.8) is 0 Å². The lowest BCUT2D eigenvalue weighted by Crippen LogP contribution is -2.37. The maximum atomic E-state index is 5.85. The van der Waals surface area contributed by atoms with Crippen LogP contribution in [0.4, 0.5) is 0 Å². The van der Waals surface area contributed by atoms with Crippen LogP contribution in [-0.4, -0.2) is 5.54 Å².